The summed E-state index contributed by atoms with van der Waals surface area (Å²) in [6, 6.07) is 1.97. The molecule has 0 radical (unpaired) electrons. The van der Waals surface area contributed by atoms with Crippen LogP contribution in [0.1, 0.15) is 6.92 Å². The lowest BCUT2D eigenvalue weighted by atomic mass is 10.4. The number of carbonyl (C=O) groups is 1. The SMILES string of the molecule is C=CCN(CC#N)CC(=O)OCC. The van der Waals surface area contributed by atoms with Crippen molar-refractivity contribution < 1.29 is 9.53 Å². The molecule has 4 nitrogen and oxygen atoms in total. The number of carbonyl (C=O) groups excluding carboxylic acids is 1. The molecule has 0 unspecified atom stereocenters. The van der Waals surface area contributed by atoms with Gasteiger partial charge in [-0.25, -0.2) is 0 Å². The predicted molar refractivity (Wildman–Crippen MR) is 48.9 cm³/mol. The molecule has 0 aliphatic rings. The molecule has 0 aromatic carbocycles. The van der Waals surface area contributed by atoms with Gasteiger partial charge in [-0.05, 0) is 6.92 Å². The van der Waals surface area contributed by atoms with Gasteiger partial charge in [-0.15, -0.1) is 6.58 Å². The molecule has 4 heteroatoms. The molecular weight excluding hydrogens is 168 g/mol. The zero-order chi connectivity index (χ0) is 10.1. The largest absolute Gasteiger partial charge is 0.465 e. The Morgan fingerprint density at radius 1 is 1.77 bits per heavy atom. The van der Waals surface area contributed by atoms with Gasteiger partial charge in [-0.1, -0.05) is 6.08 Å². The molecule has 0 heterocycles. The van der Waals surface area contributed by atoms with E-state index in [4.69, 9.17) is 10.00 Å². The molecule has 0 fully saturated rings. The third kappa shape index (κ3) is 5.88. The van der Waals surface area contributed by atoms with E-state index in [1.54, 1.807) is 17.9 Å². The van der Waals surface area contributed by atoms with E-state index in [2.05, 4.69) is 6.58 Å². The van der Waals surface area contributed by atoms with Crippen molar-refractivity contribution in [3.8, 4) is 6.07 Å². The first-order chi connectivity index (χ1) is 6.24. The first kappa shape index (κ1) is 11.7. The van der Waals surface area contributed by atoms with E-state index in [0.717, 1.165) is 0 Å². The number of hydrogen-bond acceptors (Lipinski definition) is 4. The van der Waals surface area contributed by atoms with E-state index < -0.39 is 0 Å². The molecule has 0 N–H and O–H groups in total. The third-order valence-electron chi connectivity index (χ3n) is 1.34. The lowest BCUT2D eigenvalue weighted by molar-refractivity contribution is -0.144. The first-order valence-corrected chi connectivity index (χ1v) is 4.10. The number of esters is 1. The van der Waals surface area contributed by atoms with Gasteiger partial charge in [0.25, 0.3) is 0 Å². The van der Waals surface area contributed by atoms with Crippen LogP contribution in [0.5, 0.6) is 0 Å². The van der Waals surface area contributed by atoms with Crippen molar-refractivity contribution in [1.82, 2.24) is 4.90 Å². The Labute approximate surface area is 78.4 Å². The number of hydrogen-bond donors (Lipinski definition) is 0. The van der Waals surface area contributed by atoms with Gasteiger partial charge >= 0.3 is 5.97 Å². The summed E-state index contributed by atoms with van der Waals surface area (Å²) in [6.45, 7) is 6.53. The van der Waals surface area contributed by atoms with Crippen LogP contribution in [0, 0.1) is 11.3 Å². The molecule has 0 saturated carbocycles. The second-order valence-electron chi connectivity index (χ2n) is 2.42. The Bertz CT molecular complexity index is 208. The Morgan fingerprint density at radius 3 is 2.92 bits per heavy atom. The van der Waals surface area contributed by atoms with Crippen LogP contribution < -0.4 is 0 Å². The summed E-state index contributed by atoms with van der Waals surface area (Å²) < 4.78 is 4.74. The predicted octanol–water partition coefficient (Wildman–Crippen LogP) is 0.561. The monoisotopic (exact) mass is 182 g/mol. The summed E-state index contributed by atoms with van der Waals surface area (Å²) in [5, 5.41) is 8.43. The highest BCUT2D eigenvalue weighted by Crippen LogP contribution is 1.89. The van der Waals surface area contributed by atoms with Gasteiger partial charge in [0.1, 0.15) is 0 Å². The first-order valence-electron chi connectivity index (χ1n) is 4.10. The molecule has 0 bridgehead atoms. The highest BCUT2D eigenvalue weighted by molar-refractivity contribution is 5.71. The summed E-state index contributed by atoms with van der Waals surface area (Å²) in [6.07, 6.45) is 1.65. The van der Waals surface area contributed by atoms with Gasteiger partial charge in [-0.2, -0.15) is 5.26 Å². The minimum absolute atomic E-state index is 0.146. The van der Waals surface area contributed by atoms with Gasteiger partial charge in [0.15, 0.2) is 0 Å². The summed E-state index contributed by atoms with van der Waals surface area (Å²) >= 11 is 0. The molecule has 0 atom stereocenters. The minimum Gasteiger partial charge on any atom is -0.465 e. The average Bonchev–Trinajstić information content (AvgIpc) is 2.05. The average molecular weight is 182 g/mol. The van der Waals surface area contributed by atoms with Crippen molar-refractivity contribution in [3.05, 3.63) is 12.7 Å². The summed E-state index contributed by atoms with van der Waals surface area (Å²) in [5.41, 5.74) is 0. The molecule has 0 aromatic rings. The van der Waals surface area contributed by atoms with Crippen LogP contribution >= 0.6 is 0 Å². The maximum absolute atomic E-state index is 11.0. The Morgan fingerprint density at radius 2 is 2.46 bits per heavy atom. The molecule has 0 saturated heterocycles. The third-order valence-corrected chi connectivity index (χ3v) is 1.34. The smallest absolute Gasteiger partial charge is 0.320 e. The van der Waals surface area contributed by atoms with Crippen molar-refractivity contribution in [2.24, 2.45) is 0 Å². The summed E-state index contributed by atoms with van der Waals surface area (Å²) in [5.74, 6) is -0.306. The Hall–Kier alpha value is -1.34. The maximum atomic E-state index is 11.0. The lowest BCUT2D eigenvalue weighted by Crippen LogP contribution is -2.31. The van der Waals surface area contributed by atoms with Gasteiger partial charge in [-0.3, -0.25) is 9.69 Å². The number of nitriles is 1. The van der Waals surface area contributed by atoms with E-state index >= 15 is 0 Å². The number of ether oxygens (including phenoxy) is 1. The number of rotatable bonds is 6. The molecule has 13 heavy (non-hydrogen) atoms. The second kappa shape index (κ2) is 7.32. The molecule has 72 valence electrons. The fraction of sp³-hybridized carbons (Fsp3) is 0.556. The highest BCUT2D eigenvalue weighted by Gasteiger charge is 2.08. The van der Waals surface area contributed by atoms with Crippen LogP contribution in [0.25, 0.3) is 0 Å². The standard InChI is InChI=1S/C9H14N2O2/c1-3-6-11(7-5-10)8-9(12)13-4-2/h3H,1,4,6-8H2,2H3. The zero-order valence-corrected chi connectivity index (χ0v) is 7.82. The van der Waals surface area contributed by atoms with Crippen LogP contribution in [-0.2, 0) is 9.53 Å². The normalized spacial score (nSPS) is 9.31. The van der Waals surface area contributed by atoms with Crippen LogP contribution in [0.15, 0.2) is 12.7 Å². The fourth-order valence-corrected chi connectivity index (χ4v) is 0.857. The quantitative estimate of drug-likeness (QED) is 0.342. The van der Waals surface area contributed by atoms with Crippen LogP contribution in [0.4, 0.5) is 0 Å². The molecule has 0 aliphatic carbocycles. The van der Waals surface area contributed by atoms with Crippen molar-refractivity contribution >= 4 is 5.97 Å². The number of nitrogens with zero attached hydrogens (tertiary/aromatic N) is 2. The second-order valence-corrected chi connectivity index (χ2v) is 2.42. The van der Waals surface area contributed by atoms with Crippen molar-refractivity contribution in [1.29, 1.82) is 5.26 Å². The summed E-state index contributed by atoms with van der Waals surface area (Å²) in [4.78, 5) is 12.7. The van der Waals surface area contributed by atoms with E-state index in [-0.39, 0.29) is 19.1 Å². The van der Waals surface area contributed by atoms with Crippen LogP contribution in [0.3, 0.4) is 0 Å². The molecule has 0 aliphatic heterocycles. The molecule has 0 spiro atoms. The van der Waals surface area contributed by atoms with Gasteiger partial charge < -0.3 is 4.74 Å². The Kier molecular flexibility index (Phi) is 6.56. The molecular formula is C9H14N2O2. The zero-order valence-electron chi connectivity index (χ0n) is 7.82. The van der Waals surface area contributed by atoms with E-state index in [1.807, 2.05) is 6.07 Å². The van der Waals surface area contributed by atoms with Crippen molar-refractivity contribution in [2.45, 2.75) is 6.92 Å². The van der Waals surface area contributed by atoms with Crippen LogP contribution in [0.2, 0.25) is 0 Å². The molecule has 0 aromatic heterocycles. The molecule has 0 amide bonds. The van der Waals surface area contributed by atoms with Gasteiger partial charge in [0, 0.05) is 6.54 Å². The highest BCUT2D eigenvalue weighted by atomic mass is 16.5. The van der Waals surface area contributed by atoms with E-state index in [0.29, 0.717) is 13.2 Å². The Balaban J connectivity index is 3.87. The van der Waals surface area contributed by atoms with E-state index in [9.17, 15) is 4.79 Å². The fourth-order valence-electron chi connectivity index (χ4n) is 0.857. The van der Waals surface area contributed by atoms with Crippen molar-refractivity contribution in [2.75, 3.05) is 26.2 Å². The lowest BCUT2D eigenvalue weighted by Gasteiger charge is -2.14. The maximum Gasteiger partial charge on any atom is 0.320 e. The molecule has 0 rings (SSSR count). The van der Waals surface area contributed by atoms with Gasteiger partial charge in [0.2, 0.25) is 0 Å². The van der Waals surface area contributed by atoms with E-state index in [1.165, 1.54) is 0 Å². The van der Waals surface area contributed by atoms with Gasteiger partial charge in [0.05, 0.1) is 25.8 Å². The van der Waals surface area contributed by atoms with Crippen molar-refractivity contribution in [3.63, 3.8) is 0 Å². The minimum atomic E-state index is -0.306. The summed E-state index contributed by atoms with van der Waals surface area (Å²) in [7, 11) is 0. The van der Waals surface area contributed by atoms with Crippen LogP contribution in [-0.4, -0.2) is 37.1 Å². The topological polar surface area (TPSA) is 53.3 Å².